The fourth-order valence-electron chi connectivity index (χ4n) is 0.537. The molecule has 9 heavy (non-hydrogen) atoms. The highest BCUT2D eigenvalue weighted by molar-refractivity contribution is 5.58. The van der Waals surface area contributed by atoms with E-state index in [1.807, 2.05) is 0 Å². The number of hydrogen-bond acceptors (Lipinski definition) is 3. The van der Waals surface area contributed by atoms with Gasteiger partial charge in [0.1, 0.15) is 5.82 Å². The van der Waals surface area contributed by atoms with Crippen LogP contribution in [-0.4, -0.2) is 21.4 Å². The number of imidazole rings is 1. The molecule has 0 amide bonds. The van der Waals surface area contributed by atoms with Gasteiger partial charge in [-0.25, -0.2) is 4.98 Å². The van der Waals surface area contributed by atoms with E-state index < -0.39 is 0 Å². The minimum absolute atomic E-state index is 0.545. The van der Waals surface area contributed by atoms with Gasteiger partial charge in [0.05, 0.1) is 6.21 Å². The Kier molecular flexibility index (Phi) is 1.85. The van der Waals surface area contributed by atoms with Crippen molar-refractivity contribution in [3.05, 3.63) is 18.2 Å². The maximum atomic E-state index is 7.99. The lowest BCUT2D eigenvalue weighted by Gasteiger charge is -1.82. The van der Waals surface area contributed by atoms with Gasteiger partial charge in [0.2, 0.25) is 0 Å². The maximum absolute atomic E-state index is 7.99. The normalized spacial score (nSPS) is 10.7. The summed E-state index contributed by atoms with van der Waals surface area (Å²) >= 11 is 0. The molecule has 0 bridgehead atoms. The first-order valence-corrected chi connectivity index (χ1v) is 2.57. The van der Waals surface area contributed by atoms with Crippen molar-refractivity contribution < 1.29 is 5.21 Å². The summed E-state index contributed by atoms with van der Waals surface area (Å²) < 4.78 is 0. The van der Waals surface area contributed by atoms with Gasteiger partial charge in [-0.15, -0.1) is 5.16 Å². The standard InChI is InChI=1S/C5H7N3O/c9-8-2-1-5-6-3-4-7-5/h2-4,9H,1H2,(H,6,7). The van der Waals surface area contributed by atoms with E-state index in [2.05, 4.69) is 15.1 Å². The SMILES string of the molecule is ON=CCc1ncc[nH]1. The zero-order valence-corrected chi connectivity index (χ0v) is 4.78. The van der Waals surface area contributed by atoms with Gasteiger partial charge < -0.3 is 10.2 Å². The lowest BCUT2D eigenvalue weighted by molar-refractivity contribution is 0.320. The summed E-state index contributed by atoms with van der Waals surface area (Å²) in [5.74, 6) is 0.799. The molecule has 0 fully saturated rings. The molecule has 0 aliphatic rings. The predicted molar refractivity (Wildman–Crippen MR) is 32.6 cm³/mol. The van der Waals surface area contributed by atoms with Crippen LogP contribution in [0.2, 0.25) is 0 Å². The van der Waals surface area contributed by atoms with Crippen LogP contribution < -0.4 is 0 Å². The van der Waals surface area contributed by atoms with Gasteiger partial charge in [-0.05, 0) is 0 Å². The molecule has 2 N–H and O–H groups in total. The Morgan fingerprint density at radius 3 is 3.33 bits per heavy atom. The fourth-order valence-corrected chi connectivity index (χ4v) is 0.537. The van der Waals surface area contributed by atoms with Crippen molar-refractivity contribution in [2.45, 2.75) is 6.42 Å². The third-order valence-corrected chi connectivity index (χ3v) is 0.921. The predicted octanol–water partition coefficient (Wildman–Crippen LogP) is 0.412. The van der Waals surface area contributed by atoms with E-state index >= 15 is 0 Å². The second-order valence-corrected chi connectivity index (χ2v) is 1.54. The number of nitrogens with zero attached hydrogens (tertiary/aromatic N) is 2. The molecule has 1 heterocycles. The average Bonchev–Trinajstić information content (AvgIpc) is 2.34. The van der Waals surface area contributed by atoms with E-state index in [0.717, 1.165) is 5.82 Å². The van der Waals surface area contributed by atoms with Crippen molar-refractivity contribution in [2.24, 2.45) is 5.16 Å². The van der Waals surface area contributed by atoms with Crippen LogP contribution in [0.1, 0.15) is 5.82 Å². The minimum Gasteiger partial charge on any atom is -0.411 e. The first-order chi connectivity index (χ1) is 4.43. The summed E-state index contributed by atoms with van der Waals surface area (Å²) in [5.41, 5.74) is 0. The van der Waals surface area contributed by atoms with E-state index in [0.29, 0.717) is 6.42 Å². The van der Waals surface area contributed by atoms with Gasteiger partial charge in [-0.2, -0.15) is 0 Å². The van der Waals surface area contributed by atoms with Crippen LogP contribution in [0.25, 0.3) is 0 Å². The second-order valence-electron chi connectivity index (χ2n) is 1.54. The number of aromatic amines is 1. The average molecular weight is 125 g/mol. The summed E-state index contributed by atoms with van der Waals surface area (Å²) in [5, 5.41) is 10.8. The molecular weight excluding hydrogens is 118 g/mol. The number of aromatic nitrogens is 2. The summed E-state index contributed by atoms with van der Waals surface area (Å²) in [6.45, 7) is 0. The zero-order chi connectivity index (χ0) is 6.53. The van der Waals surface area contributed by atoms with Gasteiger partial charge in [0.15, 0.2) is 0 Å². The molecule has 0 spiro atoms. The van der Waals surface area contributed by atoms with Crippen LogP contribution in [0.5, 0.6) is 0 Å². The Bertz CT molecular complexity index is 180. The van der Waals surface area contributed by atoms with E-state index in [1.54, 1.807) is 12.4 Å². The van der Waals surface area contributed by atoms with E-state index in [9.17, 15) is 0 Å². The van der Waals surface area contributed by atoms with Crippen LogP contribution in [0, 0.1) is 0 Å². The number of H-pyrrole nitrogens is 1. The quantitative estimate of drug-likeness (QED) is 0.341. The van der Waals surface area contributed by atoms with E-state index in [4.69, 9.17) is 5.21 Å². The Balaban J connectivity index is 2.48. The molecule has 48 valence electrons. The van der Waals surface area contributed by atoms with E-state index in [-0.39, 0.29) is 0 Å². The van der Waals surface area contributed by atoms with Crippen LogP contribution in [0.3, 0.4) is 0 Å². The third kappa shape index (κ3) is 1.56. The third-order valence-electron chi connectivity index (χ3n) is 0.921. The van der Waals surface area contributed by atoms with Crippen molar-refractivity contribution in [1.29, 1.82) is 0 Å². The number of oxime groups is 1. The van der Waals surface area contributed by atoms with Crippen LogP contribution >= 0.6 is 0 Å². The highest BCUT2D eigenvalue weighted by atomic mass is 16.4. The summed E-state index contributed by atoms with van der Waals surface area (Å²) in [4.78, 5) is 6.75. The zero-order valence-electron chi connectivity index (χ0n) is 4.78. The lowest BCUT2D eigenvalue weighted by atomic mass is 10.4. The molecule has 4 heteroatoms. The second kappa shape index (κ2) is 2.86. The topological polar surface area (TPSA) is 61.3 Å². The molecule has 0 unspecified atom stereocenters. The maximum Gasteiger partial charge on any atom is 0.111 e. The number of rotatable bonds is 2. The van der Waals surface area contributed by atoms with Crippen molar-refractivity contribution in [3.63, 3.8) is 0 Å². The summed E-state index contributed by atoms with van der Waals surface area (Å²) in [7, 11) is 0. The van der Waals surface area contributed by atoms with Gasteiger partial charge in [0.25, 0.3) is 0 Å². The number of nitrogens with one attached hydrogen (secondary N) is 1. The lowest BCUT2D eigenvalue weighted by Crippen LogP contribution is -1.87. The molecular formula is C5H7N3O. The van der Waals surface area contributed by atoms with Crippen LogP contribution in [-0.2, 0) is 6.42 Å². The van der Waals surface area contributed by atoms with Crippen molar-refractivity contribution in [2.75, 3.05) is 0 Å². The molecule has 1 aromatic heterocycles. The molecule has 1 aromatic rings. The molecule has 0 aromatic carbocycles. The summed E-state index contributed by atoms with van der Waals surface area (Å²) in [6.07, 6.45) is 5.30. The molecule has 0 saturated heterocycles. The molecule has 0 aliphatic carbocycles. The van der Waals surface area contributed by atoms with E-state index in [1.165, 1.54) is 6.21 Å². The minimum atomic E-state index is 0.545. The van der Waals surface area contributed by atoms with Crippen molar-refractivity contribution >= 4 is 6.21 Å². The first-order valence-electron chi connectivity index (χ1n) is 2.57. The highest BCUT2D eigenvalue weighted by Crippen LogP contribution is 1.85. The Labute approximate surface area is 52.2 Å². The first kappa shape index (κ1) is 5.81. The van der Waals surface area contributed by atoms with Gasteiger partial charge in [-0.1, -0.05) is 0 Å². The Morgan fingerprint density at radius 1 is 1.89 bits per heavy atom. The molecule has 0 saturated carbocycles. The molecule has 1 rings (SSSR count). The molecule has 4 nitrogen and oxygen atoms in total. The van der Waals surface area contributed by atoms with Crippen LogP contribution in [0.4, 0.5) is 0 Å². The largest absolute Gasteiger partial charge is 0.411 e. The Hall–Kier alpha value is -1.32. The Morgan fingerprint density at radius 2 is 2.78 bits per heavy atom. The molecule has 0 aliphatic heterocycles. The molecule has 0 atom stereocenters. The highest BCUT2D eigenvalue weighted by Gasteiger charge is 1.87. The fraction of sp³-hybridized carbons (Fsp3) is 0.200. The van der Waals surface area contributed by atoms with Gasteiger partial charge in [0, 0.05) is 18.8 Å². The number of hydrogen-bond donors (Lipinski definition) is 2. The van der Waals surface area contributed by atoms with Gasteiger partial charge >= 0.3 is 0 Å². The van der Waals surface area contributed by atoms with Crippen molar-refractivity contribution in [3.8, 4) is 0 Å². The van der Waals surface area contributed by atoms with Crippen molar-refractivity contribution in [1.82, 2.24) is 9.97 Å². The molecule has 0 radical (unpaired) electrons. The monoisotopic (exact) mass is 125 g/mol. The van der Waals surface area contributed by atoms with Gasteiger partial charge in [-0.3, -0.25) is 0 Å². The van der Waals surface area contributed by atoms with Crippen LogP contribution in [0.15, 0.2) is 17.5 Å². The smallest absolute Gasteiger partial charge is 0.111 e. The summed E-state index contributed by atoms with van der Waals surface area (Å²) in [6, 6.07) is 0.